The summed E-state index contributed by atoms with van der Waals surface area (Å²) in [5.41, 5.74) is 1.27. The minimum absolute atomic E-state index is 0.432. The molecule has 1 N–H and O–H groups in total. The fourth-order valence-electron chi connectivity index (χ4n) is 1.69. The van der Waals surface area contributed by atoms with Crippen molar-refractivity contribution in [2.75, 3.05) is 7.05 Å². The highest BCUT2D eigenvalue weighted by molar-refractivity contribution is 9.10. The molecule has 0 bridgehead atoms. The van der Waals surface area contributed by atoms with Gasteiger partial charge in [0.05, 0.1) is 0 Å². The van der Waals surface area contributed by atoms with E-state index in [9.17, 15) is 0 Å². The Hall–Kier alpha value is -0.410. The van der Waals surface area contributed by atoms with E-state index < -0.39 is 0 Å². The highest BCUT2D eigenvalue weighted by Crippen LogP contribution is 2.21. The van der Waals surface area contributed by atoms with Crippen LogP contribution in [0.5, 0.6) is 0 Å². The molecule has 0 spiro atoms. The van der Waals surface area contributed by atoms with Crippen molar-refractivity contribution in [2.45, 2.75) is 38.6 Å². The van der Waals surface area contributed by atoms with Gasteiger partial charge in [-0.3, -0.25) is 4.98 Å². The number of aromatic nitrogens is 1. The average Bonchev–Trinajstić information content (AvgIpc) is 2.24. The Bertz CT molecular complexity index is 289. The lowest BCUT2D eigenvalue weighted by Gasteiger charge is -2.16. The van der Waals surface area contributed by atoms with Crippen LogP contribution in [0, 0.1) is 0 Å². The zero-order valence-corrected chi connectivity index (χ0v) is 11.0. The van der Waals surface area contributed by atoms with Crippen LogP contribution in [0.1, 0.15) is 44.2 Å². The Kier molecular flexibility index (Phi) is 5.88. The number of halogens is 1. The monoisotopic (exact) mass is 270 g/mol. The molecule has 0 aliphatic rings. The number of nitrogens with one attached hydrogen (secondary N) is 1. The van der Waals surface area contributed by atoms with Crippen molar-refractivity contribution in [3.05, 3.63) is 28.5 Å². The molecule has 0 amide bonds. The molecule has 2 nitrogen and oxygen atoms in total. The zero-order valence-electron chi connectivity index (χ0n) is 9.46. The maximum absolute atomic E-state index is 4.19. The molecule has 0 aromatic carbocycles. The number of nitrogens with zero attached hydrogens (tertiary/aromatic N) is 1. The van der Waals surface area contributed by atoms with Crippen molar-refractivity contribution in [2.24, 2.45) is 0 Å². The maximum Gasteiger partial charge on any atom is 0.0410 e. The fraction of sp³-hybridized carbons (Fsp3) is 0.583. The molecule has 1 atom stereocenters. The Balaban J connectivity index is 2.57. The number of rotatable bonds is 6. The molecule has 0 saturated heterocycles. The number of pyridine rings is 1. The van der Waals surface area contributed by atoms with Gasteiger partial charge in [-0.15, -0.1) is 0 Å². The van der Waals surface area contributed by atoms with Gasteiger partial charge in [0.15, 0.2) is 0 Å². The third kappa shape index (κ3) is 4.31. The summed E-state index contributed by atoms with van der Waals surface area (Å²) < 4.78 is 1.05. The molecule has 84 valence electrons. The van der Waals surface area contributed by atoms with Crippen LogP contribution >= 0.6 is 15.9 Å². The largest absolute Gasteiger partial charge is 0.313 e. The number of hydrogen-bond donors (Lipinski definition) is 1. The SMILES string of the molecule is CCCCCC(NC)c1cncc(Br)c1. The van der Waals surface area contributed by atoms with Crippen molar-refractivity contribution in [3.63, 3.8) is 0 Å². The summed E-state index contributed by atoms with van der Waals surface area (Å²) in [5.74, 6) is 0. The summed E-state index contributed by atoms with van der Waals surface area (Å²) in [7, 11) is 2.01. The van der Waals surface area contributed by atoms with E-state index in [-0.39, 0.29) is 0 Å². The molecular weight excluding hydrogens is 252 g/mol. The summed E-state index contributed by atoms with van der Waals surface area (Å²) in [6.07, 6.45) is 8.80. The van der Waals surface area contributed by atoms with Gasteiger partial charge in [-0.25, -0.2) is 0 Å². The minimum Gasteiger partial charge on any atom is -0.313 e. The number of unbranched alkanes of at least 4 members (excludes halogenated alkanes) is 2. The van der Waals surface area contributed by atoms with E-state index in [2.05, 4.69) is 39.2 Å². The molecule has 0 saturated carbocycles. The molecule has 1 aromatic heterocycles. The molecular formula is C12H19BrN2. The predicted molar refractivity (Wildman–Crippen MR) is 67.9 cm³/mol. The maximum atomic E-state index is 4.19. The molecule has 1 aromatic rings. The normalized spacial score (nSPS) is 12.7. The molecule has 1 rings (SSSR count). The van der Waals surface area contributed by atoms with Crippen LogP contribution in [0.4, 0.5) is 0 Å². The van der Waals surface area contributed by atoms with Gasteiger partial charge in [0, 0.05) is 22.9 Å². The fourth-order valence-corrected chi connectivity index (χ4v) is 2.08. The minimum atomic E-state index is 0.432. The van der Waals surface area contributed by atoms with Crippen molar-refractivity contribution < 1.29 is 0 Å². The van der Waals surface area contributed by atoms with E-state index in [1.165, 1.54) is 31.2 Å². The van der Waals surface area contributed by atoms with E-state index in [0.717, 1.165) is 4.47 Å². The third-order valence-electron chi connectivity index (χ3n) is 2.57. The molecule has 0 aliphatic heterocycles. The first kappa shape index (κ1) is 12.7. The Morgan fingerprint density at radius 1 is 1.40 bits per heavy atom. The highest BCUT2D eigenvalue weighted by atomic mass is 79.9. The van der Waals surface area contributed by atoms with Crippen LogP contribution in [0.25, 0.3) is 0 Å². The Labute approximate surface area is 101 Å². The smallest absolute Gasteiger partial charge is 0.0410 e. The van der Waals surface area contributed by atoms with Gasteiger partial charge in [-0.1, -0.05) is 26.2 Å². The lowest BCUT2D eigenvalue weighted by atomic mass is 10.0. The van der Waals surface area contributed by atoms with E-state index >= 15 is 0 Å². The Morgan fingerprint density at radius 2 is 2.20 bits per heavy atom. The topological polar surface area (TPSA) is 24.9 Å². The van der Waals surface area contributed by atoms with Crippen LogP contribution in [0.3, 0.4) is 0 Å². The Morgan fingerprint density at radius 3 is 2.80 bits per heavy atom. The molecule has 0 aliphatic carbocycles. The second-order valence-electron chi connectivity index (χ2n) is 3.77. The van der Waals surface area contributed by atoms with Gasteiger partial charge in [-0.05, 0) is 41.0 Å². The van der Waals surface area contributed by atoms with Crippen molar-refractivity contribution in [1.82, 2.24) is 10.3 Å². The average molecular weight is 271 g/mol. The molecule has 1 heterocycles. The first-order chi connectivity index (χ1) is 7.27. The molecule has 0 fully saturated rings. The molecule has 15 heavy (non-hydrogen) atoms. The summed E-state index contributed by atoms with van der Waals surface area (Å²) in [6, 6.07) is 2.57. The van der Waals surface area contributed by atoms with Gasteiger partial charge in [0.1, 0.15) is 0 Å². The summed E-state index contributed by atoms with van der Waals surface area (Å²) in [4.78, 5) is 4.19. The molecule has 3 heteroatoms. The highest BCUT2D eigenvalue weighted by Gasteiger charge is 2.08. The van der Waals surface area contributed by atoms with Crippen LogP contribution in [0.15, 0.2) is 22.9 Å². The van der Waals surface area contributed by atoms with Gasteiger partial charge >= 0.3 is 0 Å². The van der Waals surface area contributed by atoms with Crippen molar-refractivity contribution in [1.29, 1.82) is 0 Å². The van der Waals surface area contributed by atoms with Gasteiger partial charge in [-0.2, -0.15) is 0 Å². The zero-order chi connectivity index (χ0) is 11.1. The van der Waals surface area contributed by atoms with E-state index in [1.54, 1.807) is 0 Å². The van der Waals surface area contributed by atoms with Gasteiger partial charge in [0.2, 0.25) is 0 Å². The summed E-state index contributed by atoms with van der Waals surface area (Å²) in [6.45, 7) is 2.23. The molecule has 1 unspecified atom stereocenters. The van der Waals surface area contributed by atoms with Crippen LogP contribution in [0.2, 0.25) is 0 Å². The summed E-state index contributed by atoms with van der Waals surface area (Å²) >= 11 is 3.45. The van der Waals surface area contributed by atoms with E-state index in [0.29, 0.717) is 6.04 Å². The van der Waals surface area contributed by atoms with E-state index in [1.807, 2.05) is 19.4 Å². The lowest BCUT2D eigenvalue weighted by Crippen LogP contribution is -2.16. The third-order valence-corrected chi connectivity index (χ3v) is 3.01. The second kappa shape index (κ2) is 6.96. The second-order valence-corrected chi connectivity index (χ2v) is 4.69. The molecule has 0 radical (unpaired) electrons. The van der Waals surface area contributed by atoms with E-state index in [4.69, 9.17) is 0 Å². The van der Waals surface area contributed by atoms with Crippen LogP contribution in [-0.4, -0.2) is 12.0 Å². The van der Waals surface area contributed by atoms with Gasteiger partial charge < -0.3 is 5.32 Å². The number of hydrogen-bond acceptors (Lipinski definition) is 2. The first-order valence-electron chi connectivity index (χ1n) is 5.55. The van der Waals surface area contributed by atoms with Crippen LogP contribution in [-0.2, 0) is 0 Å². The van der Waals surface area contributed by atoms with Crippen molar-refractivity contribution in [3.8, 4) is 0 Å². The standard InChI is InChI=1S/C12H19BrN2/c1-3-4-5-6-12(14-2)10-7-11(13)9-15-8-10/h7-9,12,14H,3-6H2,1-2H3. The first-order valence-corrected chi connectivity index (χ1v) is 6.35. The van der Waals surface area contributed by atoms with Gasteiger partial charge in [0.25, 0.3) is 0 Å². The van der Waals surface area contributed by atoms with Crippen LogP contribution < -0.4 is 5.32 Å². The van der Waals surface area contributed by atoms with Crippen molar-refractivity contribution >= 4 is 15.9 Å². The quantitative estimate of drug-likeness (QED) is 0.798. The lowest BCUT2D eigenvalue weighted by molar-refractivity contribution is 0.510. The predicted octanol–water partition coefficient (Wildman–Crippen LogP) is 3.68. The summed E-state index contributed by atoms with van der Waals surface area (Å²) in [5, 5.41) is 3.34.